The molecular formula is C15H13BrFN3O3S2. The number of aromatic nitrogens is 2. The van der Waals surface area contributed by atoms with Gasteiger partial charge in [-0.15, -0.1) is 10.2 Å². The van der Waals surface area contributed by atoms with E-state index in [1.165, 1.54) is 30.0 Å². The van der Waals surface area contributed by atoms with E-state index < -0.39 is 11.7 Å². The normalized spacial score (nSPS) is 10.8. The molecule has 1 aromatic heterocycles. The Bertz CT molecular complexity index is 798. The summed E-state index contributed by atoms with van der Waals surface area (Å²) >= 11 is 5.55. The van der Waals surface area contributed by atoms with E-state index in [1.54, 1.807) is 19.1 Å². The van der Waals surface area contributed by atoms with Crippen LogP contribution in [0.4, 0.5) is 9.52 Å². The third-order valence-electron chi connectivity index (χ3n) is 2.63. The first-order valence-corrected chi connectivity index (χ1v) is 9.63. The Hall–Kier alpha value is -1.78. The zero-order valence-corrected chi connectivity index (χ0v) is 16.2. The van der Waals surface area contributed by atoms with Crippen molar-refractivity contribution in [3.63, 3.8) is 0 Å². The summed E-state index contributed by atoms with van der Waals surface area (Å²) in [6, 6.07) is 4.44. The third-order valence-corrected chi connectivity index (χ3v) is 5.07. The van der Waals surface area contributed by atoms with Gasteiger partial charge in [-0.25, -0.2) is 4.39 Å². The van der Waals surface area contributed by atoms with Crippen LogP contribution in [-0.4, -0.2) is 34.4 Å². The number of amides is 1. The molecule has 0 unspecified atom stereocenters. The molecule has 0 atom stereocenters. The largest absolute Gasteiger partial charge is 0.465 e. The minimum absolute atomic E-state index is 0.123. The first-order valence-electron chi connectivity index (χ1n) is 7.04. The van der Waals surface area contributed by atoms with E-state index in [2.05, 4.69) is 31.4 Å². The summed E-state index contributed by atoms with van der Waals surface area (Å²) in [5.41, 5.74) is 0.285. The zero-order valence-electron chi connectivity index (χ0n) is 13.0. The van der Waals surface area contributed by atoms with Gasteiger partial charge in [-0.2, -0.15) is 0 Å². The van der Waals surface area contributed by atoms with E-state index in [0.29, 0.717) is 15.4 Å². The molecule has 6 nitrogen and oxygen atoms in total. The van der Waals surface area contributed by atoms with Crippen LogP contribution in [0.15, 0.2) is 33.1 Å². The van der Waals surface area contributed by atoms with Gasteiger partial charge in [0.1, 0.15) is 5.82 Å². The predicted octanol–water partition coefficient (Wildman–Crippen LogP) is 3.75. The number of thioether (sulfide) groups is 1. The van der Waals surface area contributed by atoms with Crippen molar-refractivity contribution in [2.45, 2.75) is 11.3 Å². The van der Waals surface area contributed by atoms with Gasteiger partial charge in [0.05, 0.1) is 12.4 Å². The van der Waals surface area contributed by atoms with Crippen molar-refractivity contribution in [1.82, 2.24) is 10.2 Å². The lowest BCUT2D eigenvalue weighted by atomic mass is 10.2. The van der Waals surface area contributed by atoms with Crippen LogP contribution in [0.3, 0.4) is 0 Å². The van der Waals surface area contributed by atoms with Gasteiger partial charge < -0.3 is 4.74 Å². The molecule has 0 aliphatic carbocycles. The second kappa shape index (κ2) is 9.64. The first-order chi connectivity index (χ1) is 12.0. The molecule has 0 radical (unpaired) electrons. The maximum absolute atomic E-state index is 13.6. The fourth-order valence-electron chi connectivity index (χ4n) is 1.60. The number of benzene rings is 1. The number of ether oxygens (including phenoxy) is 1. The Morgan fingerprint density at radius 2 is 2.24 bits per heavy atom. The number of halogens is 2. The topological polar surface area (TPSA) is 81.2 Å². The highest BCUT2D eigenvalue weighted by Gasteiger charge is 2.10. The van der Waals surface area contributed by atoms with Crippen LogP contribution >= 0.6 is 39.0 Å². The van der Waals surface area contributed by atoms with Crippen LogP contribution in [-0.2, 0) is 14.3 Å². The number of nitrogens with zero attached hydrogens (tertiary/aromatic N) is 2. The maximum Gasteiger partial charge on any atom is 0.316 e. The molecule has 2 rings (SSSR count). The van der Waals surface area contributed by atoms with Crippen LogP contribution < -0.4 is 5.32 Å². The van der Waals surface area contributed by atoms with Crippen molar-refractivity contribution in [3.05, 3.63) is 40.1 Å². The van der Waals surface area contributed by atoms with E-state index >= 15 is 0 Å². The molecule has 0 saturated carbocycles. The smallest absolute Gasteiger partial charge is 0.316 e. The Morgan fingerprint density at radius 1 is 1.44 bits per heavy atom. The van der Waals surface area contributed by atoms with Crippen LogP contribution in [0.5, 0.6) is 0 Å². The molecule has 2 aromatic rings. The van der Waals surface area contributed by atoms with Gasteiger partial charge in [0, 0.05) is 16.1 Å². The number of nitrogens with one attached hydrogen (secondary N) is 1. The molecule has 1 aromatic carbocycles. The minimum Gasteiger partial charge on any atom is -0.465 e. The number of anilines is 1. The Kier molecular flexibility index (Phi) is 7.53. The standard InChI is InChI=1S/C15H13BrFN3O3S2/c1-2-23-13(22)8-24-15-20-19-14(25-15)18-12(21)6-3-9-7-10(16)4-5-11(9)17/h3-7H,2,8H2,1H3,(H,18,19,21)/b6-3+. The van der Waals surface area contributed by atoms with Gasteiger partial charge in [0.25, 0.3) is 0 Å². The molecule has 25 heavy (non-hydrogen) atoms. The molecule has 1 N–H and O–H groups in total. The van der Waals surface area contributed by atoms with Crippen molar-refractivity contribution in [1.29, 1.82) is 0 Å². The zero-order chi connectivity index (χ0) is 18.2. The van der Waals surface area contributed by atoms with Crippen molar-refractivity contribution in [2.75, 3.05) is 17.7 Å². The molecule has 10 heteroatoms. The summed E-state index contributed by atoms with van der Waals surface area (Å²) < 4.78 is 19.6. The quantitative estimate of drug-likeness (QED) is 0.302. The van der Waals surface area contributed by atoms with Crippen LogP contribution in [0.1, 0.15) is 12.5 Å². The highest BCUT2D eigenvalue weighted by molar-refractivity contribution is 9.10. The molecule has 0 aliphatic heterocycles. The van der Waals surface area contributed by atoms with Crippen molar-refractivity contribution < 1.29 is 18.7 Å². The summed E-state index contributed by atoms with van der Waals surface area (Å²) in [6.07, 6.45) is 2.57. The molecule has 1 heterocycles. The van der Waals surface area contributed by atoms with Gasteiger partial charge in [-0.3, -0.25) is 14.9 Å². The summed E-state index contributed by atoms with van der Waals surface area (Å²) in [5, 5.41) is 10.5. The van der Waals surface area contributed by atoms with Gasteiger partial charge in [-0.05, 0) is 31.2 Å². The molecule has 0 spiro atoms. The highest BCUT2D eigenvalue weighted by Crippen LogP contribution is 2.25. The van der Waals surface area contributed by atoms with Gasteiger partial charge in [0.15, 0.2) is 4.34 Å². The van der Waals surface area contributed by atoms with Crippen molar-refractivity contribution >= 4 is 62.1 Å². The lowest BCUT2D eigenvalue weighted by molar-refractivity contribution is -0.139. The van der Waals surface area contributed by atoms with E-state index in [0.717, 1.165) is 11.3 Å². The Morgan fingerprint density at radius 3 is 3.00 bits per heavy atom. The summed E-state index contributed by atoms with van der Waals surface area (Å²) in [6.45, 7) is 2.05. The number of esters is 1. The molecule has 132 valence electrons. The Labute approximate surface area is 160 Å². The predicted molar refractivity (Wildman–Crippen MR) is 99.0 cm³/mol. The van der Waals surface area contributed by atoms with Gasteiger partial charge in [-0.1, -0.05) is 39.0 Å². The number of rotatable bonds is 7. The van der Waals surface area contributed by atoms with Crippen molar-refractivity contribution in [3.8, 4) is 0 Å². The average Bonchev–Trinajstić information content (AvgIpc) is 3.01. The monoisotopic (exact) mass is 445 g/mol. The highest BCUT2D eigenvalue weighted by atomic mass is 79.9. The molecule has 1 amide bonds. The van der Waals surface area contributed by atoms with Gasteiger partial charge >= 0.3 is 5.97 Å². The average molecular weight is 446 g/mol. The molecular weight excluding hydrogens is 433 g/mol. The van der Waals surface area contributed by atoms with E-state index in [1.807, 2.05) is 0 Å². The molecule has 0 saturated heterocycles. The number of carbonyl (C=O) groups excluding carboxylic acids is 2. The summed E-state index contributed by atoms with van der Waals surface area (Å²) in [7, 11) is 0. The Balaban J connectivity index is 1.89. The number of hydrogen-bond acceptors (Lipinski definition) is 7. The van der Waals surface area contributed by atoms with E-state index in [-0.39, 0.29) is 22.4 Å². The number of hydrogen-bond donors (Lipinski definition) is 1. The van der Waals surface area contributed by atoms with Crippen LogP contribution in [0, 0.1) is 5.82 Å². The third kappa shape index (κ3) is 6.56. The minimum atomic E-state index is -0.461. The van der Waals surface area contributed by atoms with Crippen LogP contribution in [0.2, 0.25) is 0 Å². The SMILES string of the molecule is CCOC(=O)CSc1nnc(NC(=O)/C=C/c2cc(Br)ccc2F)s1. The summed E-state index contributed by atoms with van der Waals surface area (Å²) in [5.74, 6) is -1.11. The maximum atomic E-state index is 13.6. The second-order valence-electron chi connectivity index (χ2n) is 4.46. The van der Waals surface area contributed by atoms with Crippen molar-refractivity contribution in [2.24, 2.45) is 0 Å². The van der Waals surface area contributed by atoms with Gasteiger partial charge in [0.2, 0.25) is 11.0 Å². The van der Waals surface area contributed by atoms with E-state index in [9.17, 15) is 14.0 Å². The molecule has 0 bridgehead atoms. The first kappa shape index (κ1) is 19.5. The fourth-order valence-corrected chi connectivity index (χ4v) is 3.53. The molecule has 0 aliphatic rings. The second-order valence-corrected chi connectivity index (χ2v) is 7.57. The molecule has 0 fully saturated rings. The van der Waals surface area contributed by atoms with E-state index in [4.69, 9.17) is 4.74 Å². The van der Waals surface area contributed by atoms with Crippen LogP contribution in [0.25, 0.3) is 6.08 Å². The lowest BCUT2D eigenvalue weighted by Crippen LogP contribution is -2.07. The number of carbonyl (C=O) groups is 2. The fraction of sp³-hybridized carbons (Fsp3) is 0.200. The lowest BCUT2D eigenvalue weighted by Gasteiger charge is -1.98. The summed E-state index contributed by atoms with van der Waals surface area (Å²) in [4.78, 5) is 23.1.